The minimum Gasteiger partial charge on any atom is -0.330 e. The highest BCUT2D eigenvalue weighted by atomic mass is 15.0. The molecule has 0 saturated carbocycles. The molecule has 0 bridgehead atoms. The van der Waals surface area contributed by atoms with Crippen LogP contribution in [0.4, 0.5) is 0 Å². The summed E-state index contributed by atoms with van der Waals surface area (Å²) in [4.78, 5) is 0. The molecule has 3 nitrogen and oxygen atoms in total. The van der Waals surface area contributed by atoms with Crippen molar-refractivity contribution >= 4 is 0 Å². The average Bonchev–Trinajstić information content (AvgIpc) is 2.80. The van der Waals surface area contributed by atoms with Crippen molar-refractivity contribution in [2.75, 3.05) is 26.2 Å². The van der Waals surface area contributed by atoms with Crippen LogP contribution in [0.5, 0.6) is 0 Å². The van der Waals surface area contributed by atoms with Crippen molar-refractivity contribution in [1.82, 2.24) is 10.6 Å². The summed E-state index contributed by atoms with van der Waals surface area (Å²) in [5.41, 5.74) is 8.97. The van der Waals surface area contributed by atoms with Gasteiger partial charge in [0.25, 0.3) is 0 Å². The first-order chi connectivity index (χ1) is 14.4. The topological polar surface area (TPSA) is 50.1 Å². The second-order valence-electron chi connectivity index (χ2n) is 7.37. The molecule has 0 fully saturated rings. The molecule has 0 unspecified atom stereocenters. The van der Waals surface area contributed by atoms with E-state index in [2.05, 4.69) is 102 Å². The van der Waals surface area contributed by atoms with Gasteiger partial charge in [0.15, 0.2) is 0 Å². The van der Waals surface area contributed by atoms with E-state index in [0.717, 1.165) is 45.4 Å². The van der Waals surface area contributed by atoms with Crippen molar-refractivity contribution in [3.63, 3.8) is 0 Å². The van der Waals surface area contributed by atoms with E-state index in [1.165, 1.54) is 16.7 Å². The maximum atomic E-state index is 5.57. The van der Waals surface area contributed by atoms with E-state index in [1.807, 2.05) is 0 Å². The molecule has 0 atom stereocenters. The molecule has 29 heavy (non-hydrogen) atoms. The highest BCUT2D eigenvalue weighted by Gasteiger charge is 2.35. The van der Waals surface area contributed by atoms with Gasteiger partial charge in [0.2, 0.25) is 0 Å². The van der Waals surface area contributed by atoms with E-state index in [1.54, 1.807) is 0 Å². The van der Waals surface area contributed by atoms with Crippen molar-refractivity contribution in [2.24, 2.45) is 5.73 Å². The average molecular weight is 388 g/mol. The molecule has 0 saturated heterocycles. The Morgan fingerprint density at radius 1 is 0.552 bits per heavy atom. The molecule has 152 valence electrons. The number of hydrogen-bond donors (Lipinski definition) is 3. The summed E-state index contributed by atoms with van der Waals surface area (Å²) in [5, 5.41) is 7.45. The Morgan fingerprint density at radius 3 is 1.45 bits per heavy atom. The normalized spacial score (nSPS) is 11.5. The van der Waals surface area contributed by atoms with Gasteiger partial charge in [-0.1, -0.05) is 91.0 Å². The standard InChI is InChI=1S/C26H33N3/c27-19-10-11-20-28-21-12-22-29-26(23-13-4-1-5-14-23,24-15-6-2-7-16-24)25-17-8-3-9-18-25/h1-9,13-18,28-29H,10-12,19-22,27H2. The van der Waals surface area contributed by atoms with Gasteiger partial charge in [-0.15, -0.1) is 0 Å². The van der Waals surface area contributed by atoms with Crippen LogP contribution in [0.2, 0.25) is 0 Å². The Balaban J connectivity index is 1.83. The van der Waals surface area contributed by atoms with E-state index in [9.17, 15) is 0 Å². The minimum absolute atomic E-state index is 0.372. The van der Waals surface area contributed by atoms with Crippen molar-refractivity contribution in [3.8, 4) is 0 Å². The summed E-state index contributed by atoms with van der Waals surface area (Å²) < 4.78 is 0. The van der Waals surface area contributed by atoms with Crippen molar-refractivity contribution in [2.45, 2.75) is 24.8 Å². The monoisotopic (exact) mass is 387 g/mol. The van der Waals surface area contributed by atoms with Crippen LogP contribution < -0.4 is 16.4 Å². The number of benzene rings is 3. The first-order valence-electron chi connectivity index (χ1n) is 10.7. The number of rotatable bonds is 12. The molecule has 3 aromatic rings. The molecular weight excluding hydrogens is 354 g/mol. The molecule has 0 spiro atoms. The van der Waals surface area contributed by atoms with Gasteiger partial charge in [-0.2, -0.15) is 0 Å². The number of nitrogens with one attached hydrogen (secondary N) is 2. The zero-order valence-corrected chi connectivity index (χ0v) is 17.2. The zero-order chi connectivity index (χ0) is 20.2. The van der Waals surface area contributed by atoms with Crippen molar-refractivity contribution in [1.29, 1.82) is 0 Å². The van der Waals surface area contributed by atoms with E-state index in [4.69, 9.17) is 5.73 Å². The Kier molecular flexibility index (Phi) is 8.44. The van der Waals surface area contributed by atoms with Crippen molar-refractivity contribution < 1.29 is 0 Å². The summed E-state index contributed by atoms with van der Waals surface area (Å²) in [6, 6.07) is 32.3. The molecule has 0 aliphatic rings. The molecule has 0 amide bonds. The summed E-state index contributed by atoms with van der Waals surface area (Å²) in [6.45, 7) is 3.74. The molecule has 0 aliphatic heterocycles. The van der Waals surface area contributed by atoms with Crippen LogP contribution in [0.25, 0.3) is 0 Å². The van der Waals surface area contributed by atoms with Gasteiger partial charge in [-0.25, -0.2) is 0 Å². The van der Waals surface area contributed by atoms with Gasteiger partial charge in [0.05, 0.1) is 5.54 Å². The van der Waals surface area contributed by atoms with Crippen LogP contribution in [-0.4, -0.2) is 26.2 Å². The second-order valence-corrected chi connectivity index (χ2v) is 7.37. The lowest BCUT2D eigenvalue weighted by Crippen LogP contribution is -2.45. The van der Waals surface area contributed by atoms with E-state index in [-0.39, 0.29) is 5.54 Å². The van der Waals surface area contributed by atoms with E-state index in [0.29, 0.717) is 0 Å². The Bertz CT molecular complexity index is 706. The summed E-state index contributed by atoms with van der Waals surface area (Å²) in [7, 11) is 0. The number of hydrogen-bond acceptors (Lipinski definition) is 3. The molecule has 0 aromatic heterocycles. The molecular formula is C26H33N3. The lowest BCUT2D eigenvalue weighted by molar-refractivity contribution is 0.458. The van der Waals surface area contributed by atoms with Gasteiger partial charge in [0.1, 0.15) is 0 Å². The lowest BCUT2D eigenvalue weighted by atomic mass is 9.77. The second kappa shape index (κ2) is 11.5. The third kappa shape index (κ3) is 5.54. The molecule has 3 rings (SSSR count). The fraction of sp³-hybridized carbons (Fsp3) is 0.308. The lowest BCUT2D eigenvalue weighted by Gasteiger charge is -2.37. The van der Waals surface area contributed by atoms with E-state index >= 15 is 0 Å². The predicted octanol–water partition coefficient (Wildman–Crippen LogP) is 4.29. The van der Waals surface area contributed by atoms with Gasteiger partial charge in [0, 0.05) is 0 Å². The molecule has 0 heterocycles. The third-order valence-electron chi connectivity index (χ3n) is 5.35. The molecule has 0 aliphatic carbocycles. The first kappa shape index (κ1) is 21.3. The SMILES string of the molecule is NCCCCNCCCNC(c1ccccc1)(c1ccccc1)c1ccccc1. The summed E-state index contributed by atoms with van der Waals surface area (Å²) in [6.07, 6.45) is 3.30. The maximum Gasteiger partial charge on any atom is 0.0947 e. The molecule has 3 heteroatoms. The molecule has 4 N–H and O–H groups in total. The molecule has 3 aromatic carbocycles. The summed E-state index contributed by atoms with van der Waals surface area (Å²) in [5.74, 6) is 0. The Labute approximate surface area is 175 Å². The minimum atomic E-state index is -0.372. The fourth-order valence-electron chi connectivity index (χ4n) is 3.88. The quantitative estimate of drug-likeness (QED) is 0.321. The molecule has 0 radical (unpaired) electrons. The van der Waals surface area contributed by atoms with Gasteiger partial charge in [-0.3, -0.25) is 5.32 Å². The fourth-order valence-corrected chi connectivity index (χ4v) is 3.88. The largest absolute Gasteiger partial charge is 0.330 e. The van der Waals surface area contributed by atoms with Crippen LogP contribution in [0.15, 0.2) is 91.0 Å². The maximum absolute atomic E-state index is 5.57. The third-order valence-corrected chi connectivity index (χ3v) is 5.35. The van der Waals surface area contributed by atoms with Crippen LogP contribution in [0.3, 0.4) is 0 Å². The Morgan fingerprint density at radius 2 is 1.00 bits per heavy atom. The number of nitrogens with two attached hydrogens (primary N) is 1. The predicted molar refractivity (Wildman–Crippen MR) is 123 cm³/mol. The van der Waals surface area contributed by atoms with Gasteiger partial charge < -0.3 is 11.1 Å². The number of unbranched alkanes of at least 4 members (excludes halogenated alkanes) is 1. The highest BCUT2D eigenvalue weighted by molar-refractivity contribution is 5.49. The Hall–Kier alpha value is -2.46. The zero-order valence-electron chi connectivity index (χ0n) is 17.2. The highest BCUT2D eigenvalue weighted by Crippen LogP contribution is 2.36. The smallest absolute Gasteiger partial charge is 0.0947 e. The van der Waals surface area contributed by atoms with Crippen LogP contribution in [-0.2, 0) is 5.54 Å². The van der Waals surface area contributed by atoms with Crippen LogP contribution in [0.1, 0.15) is 36.0 Å². The van der Waals surface area contributed by atoms with Crippen LogP contribution >= 0.6 is 0 Å². The van der Waals surface area contributed by atoms with Gasteiger partial charge in [-0.05, 0) is 62.1 Å². The van der Waals surface area contributed by atoms with E-state index < -0.39 is 0 Å². The van der Waals surface area contributed by atoms with Crippen LogP contribution in [0, 0.1) is 0 Å². The first-order valence-corrected chi connectivity index (χ1v) is 10.7. The van der Waals surface area contributed by atoms with Gasteiger partial charge >= 0.3 is 0 Å². The van der Waals surface area contributed by atoms with Crippen molar-refractivity contribution in [3.05, 3.63) is 108 Å². The summed E-state index contributed by atoms with van der Waals surface area (Å²) >= 11 is 0.